The van der Waals surface area contributed by atoms with Gasteiger partial charge in [-0.3, -0.25) is 19.5 Å². The van der Waals surface area contributed by atoms with Gasteiger partial charge >= 0.3 is 12.1 Å². The van der Waals surface area contributed by atoms with Gasteiger partial charge in [0.25, 0.3) is 0 Å². The van der Waals surface area contributed by atoms with Gasteiger partial charge in [0.1, 0.15) is 43.2 Å². The lowest BCUT2D eigenvalue weighted by atomic mass is 10.2. The summed E-state index contributed by atoms with van der Waals surface area (Å²) in [6.07, 6.45) is 3.16. The van der Waals surface area contributed by atoms with Crippen molar-refractivity contribution in [2.75, 3.05) is 72.4 Å². The maximum atomic E-state index is 12.5. The molecule has 30 nitrogen and oxygen atoms in total. The Hall–Kier alpha value is -7.73. The third kappa shape index (κ3) is 18.8. The van der Waals surface area contributed by atoms with Crippen LogP contribution >= 0.6 is 43.5 Å². The highest BCUT2D eigenvalue weighted by Gasteiger charge is 2.24. The molecule has 0 aromatic carbocycles. The number of halogens is 3. The topological polar surface area (TPSA) is 403 Å². The van der Waals surface area contributed by atoms with Crippen molar-refractivity contribution in [3.63, 3.8) is 0 Å². The van der Waals surface area contributed by atoms with Gasteiger partial charge in [0.15, 0.2) is 17.2 Å². The van der Waals surface area contributed by atoms with Crippen LogP contribution in [0.15, 0.2) is 76.1 Å². The van der Waals surface area contributed by atoms with Crippen LogP contribution in [0.5, 0.6) is 23.5 Å². The maximum absolute atomic E-state index is 12.5. The van der Waals surface area contributed by atoms with Gasteiger partial charge < -0.3 is 34.5 Å². The van der Waals surface area contributed by atoms with E-state index in [4.69, 9.17) is 41.0 Å². The Morgan fingerprint density at radius 2 is 1.09 bits per heavy atom. The molecule has 0 aliphatic heterocycles. The number of hydrogen-bond donors (Lipinski definition) is 6. The van der Waals surface area contributed by atoms with E-state index in [0.717, 1.165) is 28.1 Å². The number of hydrogen-bond acceptors (Lipinski definition) is 23. The minimum atomic E-state index is -3.53. The Balaban J connectivity index is 0.000000246. The van der Waals surface area contributed by atoms with E-state index in [0.29, 0.717) is 27.4 Å². The number of amides is 1. The zero-order valence-corrected chi connectivity index (χ0v) is 48.9. The summed E-state index contributed by atoms with van der Waals surface area (Å²) >= 11 is 12.4. The van der Waals surface area contributed by atoms with Gasteiger partial charge in [-0.15, -0.1) is 10.2 Å². The van der Waals surface area contributed by atoms with Gasteiger partial charge in [-0.1, -0.05) is 28.1 Å². The number of nitrogens with zero attached hydrogens (tertiary/aromatic N) is 11. The number of aromatic carboxylic acids is 1. The van der Waals surface area contributed by atoms with Gasteiger partial charge in [-0.25, -0.2) is 69.1 Å². The molecule has 0 aliphatic rings. The molecule has 0 unspecified atom stereocenters. The van der Waals surface area contributed by atoms with Gasteiger partial charge in [-0.05, 0) is 93.4 Å². The molecule has 7 aromatic rings. The van der Waals surface area contributed by atoms with Crippen molar-refractivity contribution < 1.29 is 63.6 Å². The van der Waals surface area contributed by atoms with E-state index < -0.39 is 48.2 Å². The first-order valence-electron chi connectivity index (χ1n) is 21.3. The molecule has 0 saturated heterocycles. The van der Waals surface area contributed by atoms with Crippen LogP contribution in [0.2, 0.25) is 5.15 Å². The summed E-state index contributed by atoms with van der Waals surface area (Å²) in [7, 11) is -1.72. The number of rotatable bonds is 16. The van der Waals surface area contributed by atoms with E-state index >= 15 is 0 Å². The summed E-state index contributed by atoms with van der Waals surface area (Å²) < 4.78 is 103. The number of carboxylic acids is 1. The molecule has 1 atom stereocenters. The monoisotopic (exact) mass is 1290 g/mol. The number of anilines is 5. The fourth-order valence-electron chi connectivity index (χ4n) is 5.94. The number of nitrogens with two attached hydrogens (primary N) is 1. The van der Waals surface area contributed by atoms with Crippen LogP contribution in [-0.2, 0) is 48.9 Å². The molecule has 420 valence electrons. The van der Waals surface area contributed by atoms with Crippen LogP contribution in [0.25, 0.3) is 22.8 Å². The lowest BCUT2D eigenvalue weighted by Crippen LogP contribution is -2.18. The lowest BCUT2D eigenvalue weighted by Gasteiger charge is -2.15. The molecule has 0 radical (unpaired) electrons. The van der Waals surface area contributed by atoms with E-state index in [1.54, 1.807) is 50.4 Å². The van der Waals surface area contributed by atoms with E-state index in [-0.39, 0.29) is 68.5 Å². The van der Waals surface area contributed by atoms with Crippen LogP contribution in [0.1, 0.15) is 29.1 Å². The highest BCUT2D eigenvalue weighted by atomic mass is 79.9. The molecule has 36 heteroatoms. The summed E-state index contributed by atoms with van der Waals surface area (Å²) in [5.41, 5.74) is 7.81. The number of carbonyl (C=O) groups excluding carboxylic acids is 1. The Kier molecular flexibility index (Phi) is 22.2. The predicted octanol–water partition coefficient (Wildman–Crippen LogP) is 5.23. The van der Waals surface area contributed by atoms with Crippen molar-refractivity contribution in [3.05, 3.63) is 92.5 Å². The first kappa shape index (κ1) is 62.8. The molecule has 0 bridgehead atoms. The van der Waals surface area contributed by atoms with Crippen molar-refractivity contribution in [1.82, 2.24) is 54.9 Å². The lowest BCUT2D eigenvalue weighted by molar-refractivity contribution is 0.0685. The van der Waals surface area contributed by atoms with Crippen LogP contribution < -0.4 is 44.2 Å². The van der Waals surface area contributed by atoms with Crippen LogP contribution in [-0.4, -0.2) is 145 Å². The molecule has 1 amide bonds. The number of sulfonamides is 3. The summed E-state index contributed by atoms with van der Waals surface area (Å²) in [6, 6.07) is 15.9. The number of methoxy groups -OCH3 is 4. The second kappa shape index (κ2) is 27.5. The second-order valence-corrected chi connectivity index (χ2v) is 22.5. The number of aryl methyl sites for hydroxylation is 2. The van der Waals surface area contributed by atoms with Gasteiger partial charge in [0.05, 0.1) is 64.3 Å². The first-order chi connectivity index (χ1) is 36.5. The summed E-state index contributed by atoms with van der Waals surface area (Å²) in [5, 5.41) is 27.3. The minimum Gasteiger partial charge on any atom is -0.480 e. The number of ether oxygens (including phenoxy) is 5. The zero-order valence-electron chi connectivity index (χ0n) is 42.5. The fraction of sp³-hybridized carbons (Fsp3) is 0.262. The quantitative estimate of drug-likeness (QED) is 0.0674. The Morgan fingerprint density at radius 1 is 0.654 bits per heavy atom. The highest BCUT2D eigenvalue weighted by molar-refractivity contribution is 9.10. The third-order valence-corrected chi connectivity index (χ3v) is 12.1. The standard InChI is InChI=1S/C18H20ClN7O5S.C11H13N5O5S.C7H9BrN2O3S.C6H7BrN2O/c1-10(11-6-5-9-20-15(11)19)31-18(27)22-16-14(23-25-26(16)2)12-7-8-13(17(21-12)30-3)24-32(4,28)29;1-16-9(11(17)18)8(13-15-16)6-4-5-7(10(12-6)21-2)14-22(3,19)20;1-13-7-5(10-14(2,11)12)3-4-6(8)9-7;1-10-6-4(8)2-3-5(7)9-6/h5-10,24H,1-4H3,(H,22,27);4-5,14H,1-3H3,(H,17,18);3-4,10H,1-2H3;2-3H,8H2,1H3/t10-;;;/m1.../s1. The van der Waals surface area contributed by atoms with E-state index in [9.17, 15) is 39.9 Å². The van der Waals surface area contributed by atoms with Crippen molar-refractivity contribution in [1.29, 1.82) is 0 Å². The molecule has 7 aromatic heterocycles. The van der Waals surface area contributed by atoms with E-state index in [1.807, 2.05) is 0 Å². The molecule has 78 heavy (non-hydrogen) atoms. The van der Waals surface area contributed by atoms with E-state index in [2.05, 4.69) is 96.9 Å². The maximum Gasteiger partial charge on any atom is 0.413 e. The molecular formula is C42H49Br2ClN16O14S3. The van der Waals surface area contributed by atoms with Crippen molar-refractivity contribution in [2.24, 2.45) is 14.1 Å². The molecule has 7 N–H and O–H groups in total. The number of nitrogen functional groups attached to an aromatic ring is 1. The zero-order chi connectivity index (χ0) is 58.3. The smallest absolute Gasteiger partial charge is 0.413 e. The van der Waals surface area contributed by atoms with Crippen molar-refractivity contribution in [2.45, 2.75) is 13.0 Å². The average Bonchev–Trinajstić information content (AvgIpc) is 3.94. The van der Waals surface area contributed by atoms with Gasteiger partial charge in [0, 0.05) is 25.9 Å². The predicted molar refractivity (Wildman–Crippen MR) is 293 cm³/mol. The molecule has 7 rings (SSSR count). The minimum absolute atomic E-state index is 0.00934. The SMILES string of the molecule is COc1nc(-c2nnn(C)c2C(=O)O)ccc1NS(C)(=O)=O.COc1nc(-c2nnn(C)c2NC(=O)O[C@H](C)c2cccnc2Cl)ccc1NS(C)(=O)=O.COc1nc(Br)ccc1N.COc1nc(Br)ccc1NS(C)(=O)=O. The molecule has 7 heterocycles. The van der Waals surface area contributed by atoms with Crippen LogP contribution in [0, 0.1) is 0 Å². The van der Waals surface area contributed by atoms with Crippen molar-refractivity contribution >= 4 is 114 Å². The molecular weight excluding hydrogens is 1240 g/mol. The Bertz CT molecular complexity index is 3620. The van der Waals surface area contributed by atoms with Crippen LogP contribution in [0.4, 0.5) is 33.4 Å². The average molecular weight is 1290 g/mol. The highest BCUT2D eigenvalue weighted by Crippen LogP contribution is 2.32. The van der Waals surface area contributed by atoms with Crippen LogP contribution in [0.3, 0.4) is 0 Å². The largest absolute Gasteiger partial charge is 0.480 e. The Morgan fingerprint density at radius 3 is 1.55 bits per heavy atom. The normalized spacial score (nSPS) is 11.3. The van der Waals surface area contributed by atoms with E-state index in [1.165, 1.54) is 70.6 Å². The fourth-order valence-corrected chi connectivity index (χ4v) is 8.47. The summed E-state index contributed by atoms with van der Waals surface area (Å²) in [5.74, 6) is -0.310. The molecule has 0 fully saturated rings. The molecule has 0 aliphatic carbocycles. The number of carbonyl (C=O) groups is 2. The first-order valence-corrected chi connectivity index (χ1v) is 28.9. The van der Waals surface area contributed by atoms with Gasteiger partial charge in [-0.2, -0.15) is 0 Å². The number of pyridine rings is 5. The van der Waals surface area contributed by atoms with Crippen molar-refractivity contribution in [3.8, 4) is 46.3 Å². The molecule has 0 saturated carbocycles. The second-order valence-electron chi connectivity index (χ2n) is 15.2. The number of aromatic nitrogens is 11. The third-order valence-electron chi connectivity index (χ3n) is 9.13. The number of carboxylic acid groups (broad SMARTS) is 1. The Labute approximate surface area is 468 Å². The van der Waals surface area contributed by atoms with Gasteiger partial charge in [0.2, 0.25) is 53.6 Å². The summed E-state index contributed by atoms with van der Waals surface area (Å²) in [4.78, 5) is 43.9. The number of nitrogens with one attached hydrogen (secondary N) is 4. The molecule has 0 spiro atoms. The summed E-state index contributed by atoms with van der Waals surface area (Å²) in [6.45, 7) is 1.66.